The van der Waals surface area contributed by atoms with Crippen molar-refractivity contribution in [2.45, 2.75) is 52.2 Å². The van der Waals surface area contributed by atoms with Crippen LogP contribution in [0.4, 0.5) is 0 Å². The number of hydrogen-bond acceptors (Lipinski definition) is 2. The first kappa shape index (κ1) is 21.0. The number of hydrogen-bond donors (Lipinski definition) is 1. The Hall–Kier alpha value is -2.33. The topological polar surface area (TPSA) is 49.4 Å². The lowest BCUT2D eigenvalue weighted by molar-refractivity contribution is -0.140. The summed E-state index contributed by atoms with van der Waals surface area (Å²) < 4.78 is 0. The van der Waals surface area contributed by atoms with Gasteiger partial charge >= 0.3 is 0 Å². The van der Waals surface area contributed by atoms with Crippen LogP contribution in [0.2, 0.25) is 5.02 Å². The molecule has 1 N–H and O–H groups in total. The van der Waals surface area contributed by atoms with Crippen LogP contribution < -0.4 is 5.32 Å². The van der Waals surface area contributed by atoms with Gasteiger partial charge in [-0.05, 0) is 43.5 Å². The molecule has 0 fully saturated rings. The van der Waals surface area contributed by atoms with Crippen molar-refractivity contribution in [1.29, 1.82) is 0 Å². The number of carbonyl (C=O) groups is 2. The average Bonchev–Trinajstić information content (AvgIpc) is 2.66. The molecule has 0 heterocycles. The van der Waals surface area contributed by atoms with Gasteiger partial charge in [-0.2, -0.15) is 0 Å². The van der Waals surface area contributed by atoms with Crippen molar-refractivity contribution in [3.63, 3.8) is 0 Å². The minimum atomic E-state index is -0.564. The quantitative estimate of drug-likeness (QED) is 0.738. The van der Waals surface area contributed by atoms with E-state index in [0.717, 1.165) is 17.5 Å². The fourth-order valence-corrected chi connectivity index (χ4v) is 2.96. The van der Waals surface area contributed by atoms with Gasteiger partial charge in [0.25, 0.3) is 0 Å². The minimum Gasteiger partial charge on any atom is -0.352 e. The number of halogens is 1. The number of benzene rings is 2. The van der Waals surface area contributed by atoms with Crippen molar-refractivity contribution in [3.05, 3.63) is 70.7 Å². The summed E-state index contributed by atoms with van der Waals surface area (Å²) >= 11 is 6.03. The Labute approximate surface area is 166 Å². The predicted molar refractivity (Wildman–Crippen MR) is 110 cm³/mol. The molecule has 4 nitrogen and oxygen atoms in total. The lowest BCUT2D eigenvalue weighted by atomic mass is 10.1. The molecule has 0 aliphatic rings. The fraction of sp³-hybridized carbons (Fsp3) is 0.364. The van der Waals surface area contributed by atoms with Crippen LogP contribution in [0.25, 0.3) is 0 Å². The second-order valence-corrected chi connectivity index (χ2v) is 7.24. The number of nitrogens with one attached hydrogen (secondary N) is 1. The highest BCUT2D eigenvalue weighted by molar-refractivity contribution is 6.30. The summed E-state index contributed by atoms with van der Waals surface area (Å²) in [6, 6.07) is 16.5. The molecule has 2 aromatic carbocycles. The molecule has 2 amide bonds. The first-order valence-corrected chi connectivity index (χ1v) is 9.66. The van der Waals surface area contributed by atoms with Crippen LogP contribution in [0, 0.1) is 0 Å². The Balaban J connectivity index is 2.20. The van der Waals surface area contributed by atoms with E-state index in [1.165, 1.54) is 0 Å². The lowest BCUT2D eigenvalue weighted by Gasteiger charge is -2.29. The van der Waals surface area contributed by atoms with E-state index in [4.69, 9.17) is 11.6 Å². The molecule has 0 unspecified atom stereocenters. The smallest absolute Gasteiger partial charge is 0.242 e. The largest absolute Gasteiger partial charge is 0.352 e. The van der Waals surface area contributed by atoms with Crippen molar-refractivity contribution in [3.8, 4) is 0 Å². The average molecular weight is 387 g/mol. The molecule has 0 aromatic heterocycles. The normalized spacial score (nSPS) is 12.9. The highest BCUT2D eigenvalue weighted by atomic mass is 35.5. The molecule has 2 aromatic rings. The molecular formula is C22H27ClN2O2. The Kier molecular flexibility index (Phi) is 7.86. The van der Waals surface area contributed by atoms with Gasteiger partial charge < -0.3 is 10.2 Å². The van der Waals surface area contributed by atoms with Crippen molar-refractivity contribution in [1.82, 2.24) is 10.2 Å². The van der Waals surface area contributed by atoms with E-state index in [0.29, 0.717) is 11.6 Å². The lowest BCUT2D eigenvalue weighted by Crippen LogP contribution is -2.49. The molecule has 0 saturated heterocycles. The third-order valence-electron chi connectivity index (χ3n) is 4.61. The molecule has 5 heteroatoms. The third-order valence-corrected chi connectivity index (χ3v) is 4.84. The molecule has 0 aliphatic carbocycles. The second-order valence-electron chi connectivity index (χ2n) is 6.81. The Morgan fingerprint density at radius 3 is 2.33 bits per heavy atom. The van der Waals surface area contributed by atoms with Gasteiger partial charge in [0.2, 0.25) is 11.8 Å². The predicted octanol–water partition coefficient (Wildman–Crippen LogP) is 4.21. The van der Waals surface area contributed by atoms with Crippen LogP contribution in [0.5, 0.6) is 0 Å². The zero-order valence-corrected chi connectivity index (χ0v) is 16.9. The first-order valence-electron chi connectivity index (χ1n) is 9.29. The van der Waals surface area contributed by atoms with Gasteiger partial charge in [-0.1, -0.05) is 61.0 Å². The van der Waals surface area contributed by atoms with Gasteiger partial charge in [0.1, 0.15) is 6.04 Å². The summed E-state index contributed by atoms with van der Waals surface area (Å²) in [5.41, 5.74) is 1.82. The molecule has 0 bridgehead atoms. The van der Waals surface area contributed by atoms with Crippen LogP contribution in [-0.4, -0.2) is 28.8 Å². The van der Waals surface area contributed by atoms with E-state index < -0.39 is 6.04 Å². The third kappa shape index (κ3) is 6.40. The maximum Gasteiger partial charge on any atom is 0.242 e. The molecule has 2 rings (SSSR count). The fourth-order valence-electron chi connectivity index (χ4n) is 2.75. The van der Waals surface area contributed by atoms with Crippen molar-refractivity contribution >= 4 is 23.4 Å². The van der Waals surface area contributed by atoms with Gasteiger partial charge in [-0.3, -0.25) is 9.59 Å². The van der Waals surface area contributed by atoms with Crippen molar-refractivity contribution < 1.29 is 9.59 Å². The Morgan fingerprint density at radius 2 is 1.70 bits per heavy atom. The van der Waals surface area contributed by atoms with Gasteiger partial charge in [0, 0.05) is 17.6 Å². The van der Waals surface area contributed by atoms with E-state index in [1.54, 1.807) is 24.0 Å². The van der Waals surface area contributed by atoms with Crippen molar-refractivity contribution in [2.24, 2.45) is 0 Å². The van der Waals surface area contributed by atoms with E-state index in [2.05, 4.69) is 5.32 Å². The maximum absolute atomic E-state index is 13.0. The molecule has 0 aliphatic heterocycles. The van der Waals surface area contributed by atoms with Gasteiger partial charge in [-0.25, -0.2) is 0 Å². The summed E-state index contributed by atoms with van der Waals surface area (Å²) in [5.74, 6) is -0.243. The number of nitrogens with zero attached hydrogens (tertiary/aromatic N) is 1. The van der Waals surface area contributed by atoms with E-state index in [1.807, 2.05) is 56.3 Å². The van der Waals surface area contributed by atoms with E-state index in [-0.39, 0.29) is 24.3 Å². The number of amides is 2. The summed E-state index contributed by atoms with van der Waals surface area (Å²) in [4.78, 5) is 27.3. The number of carbonyl (C=O) groups excluding carboxylic acids is 2. The van der Waals surface area contributed by atoms with Crippen LogP contribution in [0.1, 0.15) is 38.3 Å². The zero-order chi connectivity index (χ0) is 19.8. The highest BCUT2D eigenvalue weighted by Crippen LogP contribution is 2.15. The minimum absolute atomic E-state index is 0.0709. The zero-order valence-electron chi connectivity index (χ0n) is 16.1. The summed E-state index contributed by atoms with van der Waals surface area (Å²) in [6.07, 6.45) is 1.04. The standard InChI is InChI=1S/C22H27ClN2O2/c1-4-16(2)24-22(27)17(3)25(15-18-9-6-5-7-10-18)21(26)14-19-11-8-12-20(23)13-19/h5-13,16-17H,4,14-15H2,1-3H3,(H,24,27)/t16-,17+/m1/s1. The summed E-state index contributed by atoms with van der Waals surface area (Å²) in [5, 5.41) is 3.56. The Morgan fingerprint density at radius 1 is 1.04 bits per heavy atom. The molecule has 0 saturated carbocycles. The van der Waals surface area contributed by atoms with Crippen LogP contribution in [0.3, 0.4) is 0 Å². The van der Waals surface area contributed by atoms with Crippen LogP contribution in [-0.2, 0) is 22.6 Å². The molecular weight excluding hydrogens is 360 g/mol. The summed E-state index contributed by atoms with van der Waals surface area (Å²) in [7, 11) is 0. The number of rotatable bonds is 8. The molecule has 2 atom stereocenters. The van der Waals surface area contributed by atoms with Gasteiger partial charge in [-0.15, -0.1) is 0 Å². The van der Waals surface area contributed by atoms with E-state index >= 15 is 0 Å². The van der Waals surface area contributed by atoms with Crippen molar-refractivity contribution in [2.75, 3.05) is 0 Å². The first-order chi connectivity index (χ1) is 12.9. The van der Waals surface area contributed by atoms with Crippen LogP contribution >= 0.6 is 11.6 Å². The van der Waals surface area contributed by atoms with Crippen LogP contribution in [0.15, 0.2) is 54.6 Å². The highest BCUT2D eigenvalue weighted by Gasteiger charge is 2.26. The van der Waals surface area contributed by atoms with Gasteiger partial charge in [0.15, 0.2) is 0 Å². The second kappa shape index (κ2) is 10.1. The molecule has 27 heavy (non-hydrogen) atoms. The molecule has 144 valence electrons. The molecule has 0 spiro atoms. The molecule has 0 radical (unpaired) electrons. The van der Waals surface area contributed by atoms with E-state index in [9.17, 15) is 9.59 Å². The monoisotopic (exact) mass is 386 g/mol. The Bertz CT molecular complexity index is 764. The summed E-state index contributed by atoms with van der Waals surface area (Å²) in [6.45, 7) is 6.13. The maximum atomic E-state index is 13.0. The SMILES string of the molecule is CC[C@@H](C)NC(=O)[C@H](C)N(Cc1ccccc1)C(=O)Cc1cccc(Cl)c1. The van der Waals surface area contributed by atoms with Gasteiger partial charge in [0.05, 0.1) is 6.42 Å².